The van der Waals surface area contributed by atoms with Crippen molar-refractivity contribution in [1.29, 1.82) is 0 Å². The van der Waals surface area contributed by atoms with Gasteiger partial charge in [0.2, 0.25) is 0 Å². The number of thiazole rings is 1. The van der Waals surface area contributed by atoms with Crippen LogP contribution in [0.15, 0.2) is 53.4 Å². The molecule has 0 aliphatic heterocycles. The molecule has 6 nitrogen and oxygen atoms in total. The molecule has 3 rings (SSSR count). The van der Waals surface area contributed by atoms with Gasteiger partial charge in [-0.25, -0.2) is 9.78 Å². The molecule has 0 aliphatic rings. The Labute approximate surface area is 154 Å². The Morgan fingerprint density at radius 3 is 2.73 bits per heavy atom. The molecule has 0 spiro atoms. The van der Waals surface area contributed by atoms with Crippen LogP contribution in [-0.4, -0.2) is 22.0 Å². The van der Waals surface area contributed by atoms with Crippen molar-refractivity contribution in [3.63, 3.8) is 0 Å². The van der Waals surface area contributed by atoms with E-state index in [1.165, 1.54) is 17.4 Å². The van der Waals surface area contributed by atoms with Crippen LogP contribution in [0.2, 0.25) is 0 Å². The summed E-state index contributed by atoms with van der Waals surface area (Å²) in [6.07, 6.45) is 0. The van der Waals surface area contributed by atoms with Crippen LogP contribution in [0.3, 0.4) is 0 Å². The molecule has 2 aromatic carbocycles. The van der Waals surface area contributed by atoms with Crippen LogP contribution in [0, 0.1) is 6.92 Å². The molecular formula is C19H16N2O4S. The number of benzene rings is 2. The first-order chi connectivity index (χ1) is 12.5. The molecule has 0 bridgehead atoms. The summed E-state index contributed by atoms with van der Waals surface area (Å²) >= 11 is 1.47. The normalized spacial score (nSPS) is 10.3. The number of aryl methyl sites for hydroxylation is 1. The maximum atomic E-state index is 12.6. The molecule has 0 unspecified atom stereocenters. The SMILES string of the molecule is Cc1ccc(NC(=O)c2ccccc2OCc2cscn2)cc1C(=O)O. The number of anilines is 1. The highest BCUT2D eigenvalue weighted by Gasteiger charge is 2.14. The van der Waals surface area contributed by atoms with Gasteiger partial charge in [0.25, 0.3) is 5.91 Å². The third kappa shape index (κ3) is 4.07. The molecule has 0 aliphatic carbocycles. The Hall–Kier alpha value is -3.19. The number of hydrogen-bond acceptors (Lipinski definition) is 5. The molecule has 0 saturated heterocycles. The standard InChI is InChI=1S/C19H16N2O4S/c1-12-6-7-13(8-16(12)19(23)24)21-18(22)15-4-2-3-5-17(15)25-9-14-10-26-11-20-14/h2-8,10-11H,9H2,1H3,(H,21,22)(H,23,24). The highest BCUT2D eigenvalue weighted by molar-refractivity contribution is 7.07. The highest BCUT2D eigenvalue weighted by Crippen LogP contribution is 2.22. The summed E-state index contributed by atoms with van der Waals surface area (Å²) in [6, 6.07) is 11.6. The molecule has 1 amide bonds. The van der Waals surface area contributed by atoms with E-state index in [2.05, 4.69) is 10.3 Å². The number of hydrogen-bond donors (Lipinski definition) is 2. The van der Waals surface area contributed by atoms with Crippen molar-refractivity contribution < 1.29 is 19.4 Å². The second-order valence-corrected chi connectivity index (χ2v) is 6.27. The summed E-state index contributed by atoms with van der Waals surface area (Å²) in [7, 11) is 0. The third-order valence-electron chi connectivity index (χ3n) is 3.72. The fourth-order valence-electron chi connectivity index (χ4n) is 2.37. The number of para-hydroxylation sites is 1. The summed E-state index contributed by atoms with van der Waals surface area (Å²) < 4.78 is 5.71. The number of nitrogens with zero attached hydrogens (tertiary/aromatic N) is 1. The van der Waals surface area contributed by atoms with Crippen LogP contribution in [-0.2, 0) is 6.61 Å². The molecular weight excluding hydrogens is 352 g/mol. The lowest BCUT2D eigenvalue weighted by molar-refractivity contribution is 0.0695. The number of carboxylic acid groups (broad SMARTS) is 1. The number of carboxylic acids is 1. The number of aromatic nitrogens is 1. The molecule has 3 aromatic rings. The average molecular weight is 368 g/mol. The van der Waals surface area contributed by atoms with Crippen LogP contribution < -0.4 is 10.1 Å². The van der Waals surface area contributed by atoms with Gasteiger partial charge in [-0.3, -0.25) is 4.79 Å². The average Bonchev–Trinajstić information content (AvgIpc) is 3.15. The van der Waals surface area contributed by atoms with Gasteiger partial charge in [-0.15, -0.1) is 11.3 Å². The van der Waals surface area contributed by atoms with Crippen molar-refractivity contribution in [2.75, 3.05) is 5.32 Å². The van der Waals surface area contributed by atoms with Gasteiger partial charge in [0, 0.05) is 11.1 Å². The Balaban J connectivity index is 1.78. The lowest BCUT2D eigenvalue weighted by Crippen LogP contribution is -2.14. The van der Waals surface area contributed by atoms with Crippen molar-refractivity contribution in [2.45, 2.75) is 13.5 Å². The second kappa shape index (κ2) is 7.79. The highest BCUT2D eigenvalue weighted by atomic mass is 32.1. The van der Waals surface area contributed by atoms with Gasteiger partial charge in [-0.2, -0.15) is 0 Å². The van der Waals surface area contributed by atoms with Crippen molar-refractivity contribution in [3.8, 4) is 5.75 Å². The topological polar surface area (TPSA) is 88.5 Å². The zero-order valence-corrected chi connectivity index (χ0v) is 14.7. The number of carbonyl (C=O) groups is 2. The van der Waals surface area contributed by atoms with E-state index in [4.69, 9.17) is 4.74 Å². The second-order valence-electron chi connectivity index (χ2n) is 5.55. The fraction of sp³-hybridized carbons (Fsp3) is 0.105. The first kappa shape index (κ1) is 17.6. The Morgan fingerprint density at radius 1 is 1.19 bits per heavy atom. The molecule has 26 heavy (non-hydrogen) atoms. The van der Waals surface area contributed by atoms with Crippen molar-refractivity contribution >= 4 is 28.9 Å². The van der Waals surface area contributed by atoms with E-state index in [0.717, 1.165) is 5.69 Å². The molecule has 0 saturated carbocycles. The lowest BCUT2D eigenvalue weighted by Gasteiger charge is -2.12. The van der Waals surface area contributed by atoms with E-state index in [0.29, 0.717) is 22.6 Å². The predicted molar refractivity (Wildman–Crippen MR) is 99.0 cm³/mol. The molecule has 132 valence electrons. The summed E-state index contributed by atoms with van der Waals surface area (Å²) in [4.78, 5) is 28.0. The summed E-state index contributed by atoms with van der Waals surface area (Å²) in [6.45, 7) is 1.97. The van der Waals surface area contributed by atoms with E-state index >= 15 is 0 Å². The van der Waals surface area contributed by atoms with E-state index in [1.54, 1.807) is 48.8 Å². The first-order valence-corrected chi connectivity index (χ1v) is 8.73. The van der Waals surface area contributed by atoms with Crippen LogP contribution >= 0.6 is 11.3 Å². The fourth-order valence-corrected chi connectivity index (χ4v) is 2.91. The van der Waals surface area contributed by atoms with Crippen LogP contribution in [0.4, 0.5) is 5.69 Å². The van der Waals surface area contributed by atoms with Gasteiger partial charge in [0.15, 0.2) is 0 Å². The molecule has 0 radical (unpaired) electrons. The predicted octanol–water partition coefficient (Wildman–Crippen LogP) is 3.98. The summed E-state index contributed by atoms with van der Waals surface area (Å²) in [5, 5.41) is 13.8. The van der Waals surface area contributed by atoms with E-state index < -0.39 is 5.97 Å². The van der Waals surface area contributed by atoms with Gasteiger partial charge in [-0.1, -0.05) is 18.2 Å². The lowest BCUT2D eigenvalue weighted by atomic mass is 10.1. The van der Waals surface area contributed by atoms with Crippen molar-refractivity contribution in [2.24, 2.45) is 0 Å². The molecule has 1 aromatic heterocycles. The van der Waals surface area contributed by atoms with Crippen molar-refractivity contribution in [3.05, 3.63) is 75.7 Å². The van der Waals surface area contributed by atoms with Crippen LogP contribution in [0.25, 0.3) is 0 Å². The third-order valence-corrected chi connectivity index (χ3v) is 4.35. The number of amides is 1. The maximum Gasteiger partial charge on any atom is 0.336 e. The van der Waals surface area contributed by atoms with Gasteiger partial charge in [0.1, 0.15) is 12.4 Å². The minimum atomic E-state index is -1.04. The van der Waals surface area contributed by atoms with Crippen LogP contribution in [0.1, 0.15) is 32.0 Å². The summed E-state index contributed by atoms with van der Waals surface area (Å²) in [5.74, 6) is -0.978. The molecule has 1 heterocycles. The minimum Gasteiger partial charge on any atom is -0.486 e. The molecule has 7 heteroatoms. The number of aromatic carboxylic acids is 1. The molecule has 2 N–H and O–H groups in total. The van der Waals surface area contributed by atoms with Gasteiger partial charge < -0.3 is 15.2 Å². The summed E-state index contributed by atoms with van der Waals surface area (Å²) in [5.41, 5.74) is 4.05. The van der Waals surface area contributed by atoms with E-state index in [1.807, 2.05) is 5.38 Å². The number of rotatable bonds is 6. The first-order valence-electron chi connectivity index (χ1n) is 7.79. The Kier molecular flexibility index (Phi) is 5.28. The number of carbonyl (C=O) groups excluding carboxylic acids is 1. The van der Waals surface area contributed by atoms with Crippen molar-refractivity contribution in [1.82, 2.24) is 4.98 Å². The van der Waals surface area contributed by atoms with Gasteiger partial charge in [-0.05, 0) is 36.8 Å². The van der Waals surface area contributed by atoms with Crippen LogP contribution in [0.5, 0.6) is 5.75 Å². The number of nitrogens with one attached hydrogen (secondary N) is 1. The van der Waals surface area contributed by atoms with Gasteiger partial charge >= 0.3 is 5.97 Å². The molecule has 0 fully saturated rings. The van der Waals surface area contributed by atoms with Gasteiger partial charge in [0.05, 0.1) is 22.3 Å². The maximum absolute atomic E-state index is 12.6. The quantitative estimate of drug-likeness (QED) is 0.687. The Morgan fingerprint density at radius 2 is 2.00 bits per heavy atom. The zero-order valence-electron chi connectivity index (χ0n) is 13.9. The Bertz CT molecular complexity index is 938. The smallest absolute Gasteiger partial charge is 0.336 e. The van der Waals surface area contributed by atoms with E-state index in [-0.39, 0.29) is 18.1 Å². The zero-order chi connectivity index (χ0) is 18.5. The monoisotopic (exact) mass is 368 g/mol. The van der Waals surface area contributed by atoms with E-state index in [9.17, 15) is 14.7 Å². The molecule has 0 atom stereocenters. The number of ether oxygens (including phenoxy) is 1. The largest absolute Gasteiger partial charge is 0.486 e. The minimum absolute atomic E-state index is 0.149.